The van der Waals surface area contributed by atoms with E-state index in [9.17, 15) is 4.79 Å². The van der Waals surface area contributed by atoms with Crippen LogP contribution in [0.2, 0.25) is 0 Å². The third-order valence-electron chi connectivity index (χ3n) is 2.33. The van der Waals surface area contributed by atoms with Gasteiger partial charge in [-0.1, -0.05) is 30.3 Å². The fraction of sp³-hybridized carbons (Fsp3) is 0.364. The summed E-state index contributed by atoms with van der Waals surface area (Å²) < 4.78 is 0. The van der Waals surface area contributed by atoms with E-state index >= 15 is 0 Å². The molecule has 0 saturated heterocycles. The van der Waals surface area contributed by atoms with Crippen LogP contribution in [0.3, 0.4) is 0 Å². The maximum Gasteiger partial charge on any atom is 0.422 e. The Labute approximate surface area is 94.8 Å². The number of carboxylic acid groups (broad SMARTS) is 1. The van der Waals surface area contributed by atoms with Crippen LogP contribution in [0, 0.1) is 0 Å². The number of nitrogens with one attached hydrogen (secondary N) is 1. The van der Waals surface area contributed by atoms with Crippen molar-refractivity contribution in [3.8, 4) is 0 Å². The maximum atomic E-state index is 10.6. The number of unbranched alkanes of at least 4 members (excludes halogenated alkanes) is 1. The van der Waals surface area contributed by atoms with Crippen LogP contribution in [0.5, 0.6) is 0 Å². The minimum atomic E-state index is -1.05. The van der Waals surface area contributed by atoms with Crippen molar-refractivity contribution < 1.29 is 9.90 Å². The van der Waals surface area contributed by atoms with Crippen LogP contribution in [0.15, 0.2) is 30.3 Å². The van der Waals surface area contributed by atoms with E-state index in [4.69, 9.17) is 10.9 Å². The first-order valence-electron chi connectivity index (χ1n) is 5.24. The lowest BCUT2D eigenvalue weighted by atomic mass is 10.1. The zero-order chi connectivity index (χ0) is 11.8. The Hall–Kier alpha value is -1.59. The highest BCUT2D eigenvalue weighted by atomic mass is 16.4. The summed E-state index contributed by atoms with van der Waals surface area (Å²) in [6.45, 7) is 0.401. The number of nitrogens with zero attached hydrogens (tertiary/aromatic N) is 1. The number of carbonyl (C=O) groups is 1. The summed E-state index contributed by atoms with van der Waals surface area (Å²) in [7, 11) is 0. The molecule has 1 rings (SSSR count). The van der Waals surface area contributed by atoms with Gasteiger partial charge in [-0.2, -0.15) is 5.53 Å². The Morgan fingerprint density at radius 2 is 2.00 bits per heavy atom. The molecule has 88 valence electrons. The van der Waals surface area contributed by atoms with Crippen molar-refractivity contribution in [3.63, 3.8) is 0 Å². The molecule has 0 aromatic heterocycles. The summed E-state index contributed by atoms with van der Waals surface area (Å²) in [5, 5.41) is 9.65. The number of benzene rings is 1. The fourth-order valence-corrected chi connectivity index (χ4v) is 1.46. The molecule has 1 aromatic rings. The summed E-state index contributed by atoms with van der Waals surface area (Å²) in [6, 6.07) is 10.1. The van der Waals surface area contributed by atoms with Crippen molar-refractivity contribution >= 4 is 6.09 Å². The van der Waals surface area contributed by atoms with Crippen LogP contribution in [0.25, 0.3) is 0 Å². The summed E-state index contributed by atoms with van der Waals surface area (Å²) in [6.07, 6.45) is 1.63. The third-order valence-corrected chi connectivity index (χ3v) is 2.33. The van der Waals surface area contributed by atoms with Gasteiger partial charge in [0, 0.05) is 6.54 Å². The molecule has 5 nitrogen and oxygen atoms in total. The van der Waals surface area contributed by atoms with E-state index < -0.39 is 6.09 Å². The molecule has 0 aliphatic heterocycles. The SMILES string of the molecule is NNN(CCCCc1ccccc1)C(=O)O. The molecular formula is C11H17N3O2. The lowest BCUT2D eigenvalue weighted by Crippen LogP contribution is -2.46. The minimum absolute atomic E-state index is 0.401. The predicted octanol–water partition coefficient (Wildman–Crippen LogP) is 1.37. The minimum Gasteiger partial charge on any atom is -0.464 e. The van der Waals surface area contributed by atoms with Crippen molar-refractivity contribution in [2.24, 2.45) is 5.84 Å². The molecule has 1 amide bonds. The van der Waals surface area contributed by atoms with Crippen LogP contribution in [-0.2, 0) is 6.42 Å². The van der Waals surface area contributed by atoms with Gasteiger partial charge >= 0.3 is 6.09 Å². The maximum absolute atomic E-state index is 10.6. The van der Waals surface area contributed by atoms with Crippen LogP contribution in [0.4, 0.5) is 4.79 Å². The first kappa shape index (κ1) is 12.5. The quantitative estimate of drug-likeness (QED) is 0.386. The lowest BCUT2D eigenvalue weighted by molar-refractivity contribution is 0.119. The van der Waals surface area contributed by atoms with Crippen molar-refractivity contribution in [1.29, 1.82) is 0 Å². The number of hydrazine groups is 2. The van der Waals surface area contributed by atoms with E-state index in [-0.39, 0.29) is 0 Å². The van der Waals surface area contributed by atoms with Gasteiger partial charge in [-0.15, -0.1) is 0 Å². The standard InChI is InChI=1S/C11H17N3O2/c12-13-14(11(15)16)9-5-4-8-10-6-2-1-3-7-10/h1-3,6-7,13H,4-5,8-9,12H2,(H,15,16). The summed E-state index contributed by atoms with van der Waals surface area (Å²) in [5.41, 5.74) is 3.40. The van der Waals surface area contributed by atoms with Crippen LogP contribution in [-0.4, -0.2) is 22.8 Å². The molecular weight excluding hydrogens is 206 g/mol. The zero-order valence-corrected chi connectivity index (χ0v) is 9.10. The van der Waals surface area contributed by atoms with Gasteiger partial charge in [0.25, 0.3) is 0 Å². The van der Waals surface area contributed by atoms with E-state index in [2.05, 4.69) is 17.7 Å². The molecule has 0 unspecified atom stereocenters. The van der Waals surface area contributed by atoms with Crippen molar-refractivity contribution in [1.82, 2.24) is 10.5 Å². The molecule has 0 bridgehead atoms. The van der Waals surface area contributed by atoms with E-state index in [1.54, 1.807) is 0 Å². The first-order valence-corrected chi connectivity index (χ1v) is 5.24. The Bertz CT molecular complexity index is 316. The fourth-order valence-electron chi connectivity index (χ4n) is 1.46. The topological polar surface area (TPSA) is 78.6 Å². The third kappa shape index (κ3) is 4.29. The Morgan fingerprint density at radius 3 is 2.56 bits per heavy atom. The average Bonchev–Trinajstić information content (AvgIpc) is 2.30. The average molecular weight is 223 g/mol. The van der Waals surface area contributed by atoms with Gasteiger partial charge in [0.15, 0.2) is 0 Å². The molecule has 1 aromatic carbocycles. The number of hydrogen-bond donors (Lipinski definition) is 3. The predicted molar refractivity (Wildman–Crippen MR) is 61.4 cm³/mol. The second kappa shape index (κ2) is 6.81. The van der Waals surface area contributed by atoms with Crippen molar-refractivity contribution in [2.75, 3.05) is 6.54 Å². The Balaban J connectivity index is 2.19. The molecule has 0 fully saturated rings. The van der Waals surface area contributed by atoms with E-state index in [1.807, 2.05) is 18.2 Å². The van der Waals surface area contributed by atoms with Crippen molar-refractivity contribution in [2.45, 2.75) is 19.3 Å². The van der Waals surface area contributed by atoms with Gasteiger partial charge in [0.2, 0.25) is 0 Å². The van der Waals surface area contributed by atoms with Gasteiger partial charge in [0.05, 0.1) is 0 Å². The van der Waals surface area contributed by atoms with E-state index in [1.165, 1.54) is 5.56 Å². The van der Waals surface area contributed by atoms with Gasteiger partial charge < -0.3 is 5.11 Å². The molecule has 5 heteroatoms. The van der Waals surface area contributed by atoms with Gasteiger partial charge in [-0.05, 0) is 24.8 Å². The largest absolute Gasteiger partial charge is 0.464 e. The molecule has 0 radical (unpaired) electrons. The molecule has 0 atom stereocenters. The second-order valence-corrected chi connectivity index (χ2v) is 3.51. The monoisotopic (exact) mass is 223 g/mol. The van der Waals surface area contributed by atoms with E-state index in [0.29, 0.717) is 6.54 Å². The summed E-state index contributed by atoms with van der Waals surface area (Å²) >= 11 is 0. The zero-order valence-electron chi connectivity index (χ0n) is 9.10. The highest BCUT2D eigenvalue weighted by Gasteiger charge is 2.07. The molecule has 0 heterocycles. The van der Waals surface area contributed by atoms with Crippen LogP contribution >= 0.6 is 0 Å². The first-order chi connectivity index (χ1) is 7.74. The molecule has 4 N–H and O–H groups in total. The van der Waals surface area contributed by atoms with Crippen LogP contribution < -0.4 is 11.4 Å². The molecule has 0 spiro atoms. The highest BCUT2D eigenvalue weighted by molar-refractivity contribution is 5.64. The van der Waals surface area contributed by atoms with Gasteiger partial charge in [-0.25, -0.2) is 9.80 Å². The Kier molecular flexibility index (Phi) is 5.31. The second-order valence-electron chi connectivity index (χ2n) is 3.51. The normalized spacial score (nSPS) is 10.1. The van der Waals surface area contributed by atoms with Gasteiger partial charge in [-0.3, -0.25) is 5.84 Å². The van der Waals surface area contributed by atoms with Crippen molar-refractivity contribution in [3.05, 3.63) is 35.9 Å². The van der Waals surface area contributed by atoms with E-state index in [0.717, 1.165) is 24.3 Å². The van der Waals surface area contributed by atoms with Gasteiger partial charge in [0.1, 0.15) is 0 Å². The lowest BCUT2D eigenvalue weighted by Gasteiger charge is -2.16. The smallest absolute Gasteiger partial charge is 0.422 e. The number of amides is 1. The summed E-state index contributed by atoms with van der Waals surface area (Å²) in [4.78, 5) is 10.6. The highest BCUT2D eigenvalue weighted by Crippen LogP contribution is 2.04. The number of hydrogen-bond acceptors (Lipinski definition) is 3. The number of rotatable bonds is 6. The molecule has 0 aliphatic rings. The van der Waals surface area contributed by atoms with Crippen LogP contribution in [0.1, 0.15) is 18.4 Å². The molecule has 16 heavy (non-hydrogen) atoms. The molecule has 0 saturated carbocycles. The number of aryl methyl sites for hydroxylation is 1. The summed E-state index contributed by atoms with van der Waals surface area (Å²) in [5.74, 6) is 5.06. The number of nitrogens with two attached hydrogens (primary N) is 1. The molecule has 0 aliphatic carbocycles. The Morgan fingerprint density at radius 1 is 1.31 bits per heavy atom.